The predicted octanol–water partition coefficient (Wildman–Crippen LogP) is 3.53. The third kappa shape index (κ3) is 2.61. The minimum atomic E-state index is 0.390. The highest BCUT2D eigenvalue weighted by atomic mass is 79.9. The molecule has 104 valence electrons. The summed E-state index contributed by atoms with van der Waals surface area (Å²) < 4.78 is 12.6. The molecular weight excluding hydrogens is 306 g/mol. The first-order chi connectivity index (χ1) is 9.20. The molecule has 1 saturated carbocycles. The van der Waals surface area contributed by atoms with Gasteiger partial charge in [-0.2, -0.15) is 0 Å². The molecule has 1 heterocycles. The smallest absolute Gasteiger partial charge is 0.162 e. The number of fused-ring (bicyclic) bond motifs is 1. The van der Waals surface area contributed by atoms with E-state index in [0.717, 1.165) is 47.4 Å². The van der Waals surface area contributed by atoms with Gasteiger partial charge < -0.3 is 14.8 Å². The fourth-order valence-electron chi connectivity index (χ4n) is 2.85. The van der Waals surface area contributed by atoms with Gasteiger partial charge >= 0.3 is 0 Å². The van der Waals surface area contributed by atoms with E-state index < -0.39 is 0 Å². The zero-order chi connectivity index (χ0) is 13.4. The van der Waals surface area contributed by atoms with E-state index in [1.54, 1.807) is 0 Å². The fraction of sp³-hybridized carbons (Fsp3) is 0.600. The van der Waals surface area contributed by atoms with Crippen LogP contribution in [0.5, 0.6) is 11.5 Å². The Morgan fingerprint density at radius 3 is 2.47 bits per heavy atom. The number of hydrogen-bond donors (Lipinski definition) is 1. The number of rotatable bonds is 3. The second kappa shape index (κ2) is 5.33. The minimum absolute atomic E-state index is 0.390. The average molecular weight is 326 g/mol. The van der Waals surface area contributed by atoms with Gasteiger partial charge in [0.25, 0.3) is 0 Å². The molecule has 0 saturated heterocycles. The lowest BCUT2D eigenvalue weighted by atomic mass is 10.0. The number of nitrogens with one attached hydrogen (secondary N) is 1. The van der Waals surface area contributed by atoms with Gasteiger partial charge in [0.05, 0.1) is 13.2 Å². The van der Waals surface area contributed by atoms with Gasteiger partial charge in [-0.25, -0.2) is 0 Å². The van der Waals surface area contributed by atoms with Crippen LogP contribution in [0.15, 0.2) is 16.6 Å². The Morgan fingerprint density at radius 2 is 1.89 bits per heavy atom. The number of hydrogen-bond acceptors (Lipinski definition) is 3. The minimum Gasteiger partial charge on any atom is -0.490 e. The monoisotopic (exact) mass is 325 g/mol. The van der Waals surface area contributed by atoms with Gasteiger partial charge in [-0.05, 0) is 43.0 Å². The summed E-state index contributed by atoms with van der Waals surface area (Å²) in [5.74, 6) is 3.27. The summed E-state index contributed by atoms with van der Waals surface area (Å²) >= 11 is 3.68. The molecule has 3 nitrogen and oxygen atoms in total. The van der Waals surface area contributed by atoms with Crippen molar-refractivity contribution in [2.24, 2.45) is 11.8 Å². The first kappa shape index (κ1) is 13.3. The highest BCUT2D eigenvalue weighted by Gasteiger charge is 2.40. The Bertz CT molecular complexity index is 477. The maximum atomic E-state index is 5.79. The Labute approximate surface area is 122 Å². The van der Waals surface area contributed by atoms with Crippen LogP contribution >= 0.6 is 15.9 Å². The Kier molecular flexibility index (Phi) is 3.72. The fourth-order valence-corrected chi connectivity index (χ4v) is 3.42. The van der Waals surface area contributed by atoms with Crippen molar-refractivity contribution in [2.45, 2.75) is 25.8 Å². The van der Waals surface area contributed by atoms with E-state index in [4.69, 9.17) is 9.47 Å². The molecule has 1 aliphatic heterocycles. The second-order valence-electron chi connectivity index (χ2n) is 5.51. The quantitative estimate of drug-likeness (QED) is 0.922. The van der Waals surface area contributed by atoms with E-state index in [2.05, 4.69) is 34.2 Å². The molecule has 3 rings (SSSR count). The van der Waals surface area contributed by atoms with E-state index in [1.165, 1.54) is 12.0 Å². The topological polar surface area (TPSA) is 30.5 Å². The average Bonchev–Trinajstić information content (AvgIpc) is 3.14. The summed E-state index contributed by atoms with van der Waals surface area (Å²) in [5, 5.41) is 3.45. The van der Waals surface area contributed by atoms with E-state index in [-0.39, 0.29) is 0 Å². The molecule has 0 spiro atoms. The lowest BCUT2D eigenvalue weighted by Gasteiger charge is -2.20. The third-order valence-corrected chi connectivity index (χ3v) is 4.80. The van der Waals surface area contributed by atoms with E-state index in [9.17, 15) is 0 Å². The summed E-state index contributed by atoms with van der Waals surface area (Å²) in [6, 6.07) is 4.58. The van der Waals surface area contributed by atoms with Crippen LogP contribution in [0.4, 0.5) is 0 Å². The highest BCUT2D eigenvalue weighted by Crippen LogP contribution is 2.49. The van der Waals surface area contributed by atoms with Crippen molar-refractivity contribution in [1.29, 1.82) is 0 Å². The molecule has 3 atom stereocenters. The van der Waals surface area contributed by atoms with Crippen LogP contribution in [0.3, 0.4) is 0 Å². The van der Waals surface area contributed by atoms with Gasteiger partial charge in [0, 0.05) is 16.9 Å². The SMILES string of the molecule is CNC(c1cc2c(cc1Br)OCCCO2)C1CC1C. The van der Waals surface area contributed by atoms with Crippen LogP contribution < -0.4 is 14.8 Å². The van der Waals surface area contributed by atoms with Crippen LogP contribution in [0.2, 0.25) is 0 Å². The molecule has 1 aliphatic carbocycles. The highest BCUT2D eigenvalue weighted by molar-refractivity contribution is 9.10. The Balaban J connectivity index is 1.94. The molecule has 3 unspecified atom stereocenters. The summed E-state index contributed by atoms with van der Waals surface area (Å²) in [6.45, 7) is 3.78. The van der Waals surface area contributed by atoms with Crippen molar-refractivity contribution in [3.63, 3.8) is 0 Å². The van der Waals surface area contributed by atoms with Gasteiger partial charge in [0.1, 0.15) is 0 Å². The molecule has 19 heavy (non-hydrogen) atoms. The number of benzene rings is 1. The molecule has 0 aromatic heterocycles. The van der Waals surface area contributed by atoms with Crippen molar-refractivity contribution >= 4 is 15.9 Å². The van der Waals surface area contributed by atoms with Gasteiger partial charge in [0.15, 0.2) is 11.5 Å². The van der Waals surface area contributed by atoms with Crippen LogP contribution in [0.1, 0.15) is 31.4 Å². The van der Waals surface area contributed by atoms with E-state index in [1.807, 2.05) is 13.1 Å². The van der Waals surface area contributed by atoms with Gasteiger partial charge in [-0.15, -0.1) is 0 Å². The van der Waals surface area contributed by atoms with Crippen molar-refractivity contribution in [2.75, 3.05) is 20.3 Å². The molecule has 0 bridgehead atoms. The van der Waals surface area contributed by atoms with Crippen LogP contribution in [-0.2, 0) is 0 Å². The number of halogens is 1. The maximum absolute atomic E-state index is 5.79. The van der Waals surface area contributed by atoms with Crippen molar-refractivity contribution < 1.29 is 9.47 Å². The molecule has 0 radical (unpaired) electrons. The van der Waals surface area contributed by atoms with E-state index in [0.29, 0.717) is 6.04 Å². The molecule has 1 aromatic rings. The van der Waals surface area contributed by atoms with Crippen molar-refractivity contribution in [3.8, 4) is 11.5 Å². The summed E-state index contributed by atoms with van der Waals surface area (Å²) in [7, 11) is 2.03. The normalized spacial score (nSPS) is 26.7. The number of ether oxygens (including phenoxy) is 2. The largest absolute Gasteiger partial charge is 0.490 e. The molecule has 1 N–H and O–H groups in total. The van der Waals surface area contributed by atoms with E-state index >= 15 is 0 Å². The van der Waals surface area contributed by atoms with Crippen molar-refractivity contribution in [3.05, 3.63) is 22.2 Å². The zero-order valence-electron chi connectivity index (χ0n) is 11.4. The van der Waals surface area contributed by atoms with Crippen LogP contribution in [0, 0.1) is 11.8 Å². The van der Waals surface area contributed by atoms with Crippen molar-refractivity contribution in [1.82, 2.24) is 5.32 Å². The first-order valence-electron chi connectivity index (χ1n) is 6.97. The summed E-state index contributed by atoms with van der Waals surface area (Å²) in [6.07, 6.45) is 2.24. The Morgan fingerprint density at radius 1 is 1.26 bits per heavy atom. The molecule has 2 aliphatic rings. The third-order valence-electron chi connectivity index (χ3n) is 4.11. The zero-order valence-corrected chi connectivity index (χ0v) is 13.0. The lowest BCUT2D eigenvalue weighted by Crippen LogP contribution is -2.19. The molecule has 4 heteroatoms. The second-order valence-corrected chi connectivity index (χ2v) is 6.37. The first-order valence-corrected chi connectivity index (χ1v) is 7.76. The molecule has 1 aromatic carbocycles. The summed E-state index contributed by atoms with van der Waals surface area (Å²) in [5.41, 5.74) is 1.28. The Hall–Kier alpha value is -0.740. The van der Waals surface area contributed by atoms with Gasteiger partial charge in [0.2, 0.25) is 0 Å². The van der Waals surface area contributed by atoms with Crippen LogP contribution in [0.25, 0.3) is 0 Å². The van der Waals surface area contributed by atoms with Gasteiger partial charge in [-0.3, -0.25) is 0 Å². The predicted molar refractivity (Wildman–Crippen MR) is 78.8 cm³/mol. The molecule has 1 fully saturated rings. The standard InChI is InChI=1S/C15H20BrNO2/c1-9-6-10(9)15(17-2)11-7-13-14(8-12(11)16)19-5-3-4-18-13/h7-10,15,17H,3-6H2,1-2H3. The summed E-state index contributed by atoms with van der Waals surface area (Å²) in [4.78, 5) is 0. The van der Waals surface area contributed by atoms with Gasteiger partial charge in [-0.1, -0.05) is 22.9 Å². The lowest BCUT2D eigenvalue weighted by molar-refractivity contribution is 0.297. The van der Waals surface area contributed by atoms with Crippen LogP contribution in [-0.4, -0.2) is 20.3 Å². The molecule has 0 amide bonds. The molecular formula is C15H20BrNO2. The maximum Gasteiger partial charge on any atom is 0.162 e.